The van der Waals surface area contributed by atoms with E-state index in [9.17, 15) is 9.59 Å². The standard InChI is InChI=1S/C19H27N3O2S/c1-2-3-5-8-17(23)21-19(25)20-16-11-9-15(10-12-16)18(24)22-13-6-4-7-14-22/h9-12H,2-8,13-14H2,1H3,(H2,20,21,23,25). The predicted molar refractivity (Wildman–Crippen MR) is 105 cm³/mol. The molecule has 0 saturated carbocycles. The summed E-state index contributed by atoms with van der Waals surface area (Å²) in [4.78, 5) is 26.1. The van der Waals surface area contributed by atoms with Crippen LogP contribution in [0.1, 0.15) is 62.2 Å². The number of amides is 2. The van der Waals surface area contributed by atoms with Gasteiger partial charge in [0.25, 0.3) is 5.91 Å². The predicted octanol–water partition coefficient (Wildman–Crippen LogP) is 3.71. The Morgan fingerprint density at radius 3 is 2.40 bits per heavy atom. The topological polar surface area (TPSA) is 61.4 Å². The number of unbranched alkanes of at least 4 members (excludes halogenated alkanes) is 2. The lowest BCUT2D eigenvalue weighted by atomic mass is 10.1. The molecule has 1 aromatic rings. The molecule has 0 spiro atoms. The normalized spacial score (nSPS) is 14.0. The zero-order valence-electron chi connectivity index (χ0n) is 14.8. The van der Waals surface area contributed by atoms with Gasteiger partial charge in [-0.25, -0.2) is 0 Å². The largest absolute Gasteiger partial charge is 0.339 e. The van der Waals surface area contributed by atoms with Crippen molar-refractivity contribution in [3.63, 3.8) is 0 Å². The van der Waals surface area contributed by atoms with E-state index in [-0.39, 0.29) is 16.9 Å². The average molecular weight is 362 g/mol. The Labute approximate surface area is 155 Å². The number of thiocarbonyl (C=S) groups is 1. The van der Waals surface area contributed by atoms with E-state index in [1.165, 1.54) is 6.42 Å². The molecule has 5 nitrogen and oxygen atoms in total. The van der Waals surface area contributed by atoms with Gasteiger partial charge in [0.05, 0.1) is 0 Å². The van der Waals surface area contributed by atoms with Gasteiger partial charge in [-0.2, -0.15) is 0 Å². The van der Waals surface area contributed by atoms with Crippen molar-refractivity contribution in [2.45, 2.75) is 51.9 Å². The molecule has 2 rings (SSSR count). The fraction of sp³-hybridized carbons (Fsp3) is 0.526. The first-order valence-electron chi connectivity index (χ1n) is 9.10. The van der Waals surface area contributed by atoms with Gasteiger partial charge in [0.15, 0.2) is 5.11 Å². The Morgan fingerprint density at radius 2 is 1.76 bits per heavy atom. The lowest BCUT2D eigenvalue weighted by Gasteiger charge is -2.26. The van der Waals surface area contributed by atoms with Crippen molar-refractivity contribution in [1.29, 1.82) is 0 Å². The van der Waals surface area contributed by atoms with Crippen LogP contribution in [0.4, 0.5) is 5.69 Å². The molecule has 1 aromatic carbocycles. The number of benzene rings is 1. The van der Waals surface area contributed by atoms with E-state index < -0.39 is 0 Å². The van der Waals surface area contributed by atoms with E-state index in [4.69, 9.17) is 12.2 Å². The maximum Gasteiger partial charge on any atom is 0.253 e. The Morgan fingerprint density at radius 1 is 1.08 bits per heavy atom. The number of nitrogens with one attached hydrogen (secondary N) is 2. The zero-order chi connectivity index (χ0) is 18.1. The summed E-state index contributed by atoms with van der Waals surface area (Å²) >= 11 is 5.16. The smallest absolute Gasteiger partial charge is 0.253 e. The summed E-state index contributed by atoms with van der Waals surface area (Å²) in [5.41, 5.74) is 1.44. The maximum atomic E-state index is 12.4. The van der Waals surface area contributed by atoms with Crippen molar-refractivity contribution in [2.24, 2.45) is 0 Å². The molecular weight excluding hydrogens is 334 g/mol. The van der Waals surface area contributed by atoms with Crippen molar-refractivity contribution in [2.75, 3.05) is 18.4 Å². The molecule has 136 valence electrons. The second-order valence-electron chi connectivity index (χ2n) is 6.39. The minimum Gasteiger partial charge on any atom is -0.339 e. The number of nitrogens with zero attached hydrogens (tertiary/aromatic N) is 1. The first-order valence-corrected chi connectivity index (χ1v) is 9.51. The zero-order valence-corrected chi connectivity index (χ0v) is 15.7. The number of anilines is 1. The lowest BCUT2D eigenvalue weighted by molar-refractivity contribution is -0.119. The summed E-state index contributed by atoms with van der Waals surface area (Å²) in [5, 5.41) is 5.95. The molecule has 0 unspecified atom stereocenters. The van der Waals surface area contributed by atoms with E-state index in [1.807, 2.05) is 17.0 Å². The number of hydrogen-bond donors (Lipinski definition) is 2. The van der Waals surface area contributed by atoms with E-state index in [0.29, 0.717) is 12.0 Å². The van der Waals surface area contributed by atoms with Crippen LogP contribution in [0, 0.1) is 0 Å². The fourth-order valence-electron chi connectivity index (χ4n) is 2.86. The third-order valence-electron chi connectivity index (χ3n) is 4.29. The molecule has 0 radical (unpaired) electrons. The van der Waals surface area contributed by atoms with Crippen LogP contribution >= 0.6 is 12.2 Å². The van der Waals surface area contributed by atoms with Gasteiger partial charge < -0.3 is 15.5 Å². The molecule has 1 aliphatic rings. The maximum absolute atomic E-state index is 12.4. The van der Waals surface area contributed by atoms with Gasteiger partial charge >= 0.3 is 0 Å². The van der Waals surface area contributed by atoms with Crippen molar-refractivity contribution in [3.05, 3.63) is 29.8 Å². The highest BCUT2D eigenvalue weighted by atomic mass is 32.1. The second-order valence-corrected chi connectivity index (χ2v) is 6.80. The van der Waals surface area contributed by atoms with Crippen LogP contribution in [-0.2, 0) is 4.79 Å². The van der Waals surface area contributed by atoms with E-state index >= 15 is 0 Å². The summed E-state index contributed by atoms with van der Waals surface area (Å²) in [6.07, 6.45) is 6.85. The molecule has 1 heterocycles. The van der Waals surface area contributed by atoms with Gasteiger partial charge in [-0.15, -0.1) is 0 Å². The molecule has 0 aliphatic carbocycles. The summed E-state index contributed by atoms with van der Waals surface area (Å²) in [6.45, 7) is 3.78. The first kappa shape index (κ1) is 19.4. The molecule has 0 aromatic heterocycles. The van der Waals surface area contributed by atoms with Crippen LogP contribution in [-0.4, -0.2) is 34.9 Å². The van der Waals surface area contributed by atoms with Gasteiger partial charge in [0, 0.05) is 30.8 Å². The Balaban J connectivity index is 1.82. The van der Waals surface area contributed by atoms with Crippen LogP contribution < -0.4 is 10.6 Å². The fourth-order valence-corrected chi connectivity index (χ4v) is 3.09. The van der Waals surface area contributed by atoms with Gasteiger partial charge in [0.1, 0.15) is 0 Å². The molecule has 1 aliphatic heterocycles. The van der Waals surface area contributed by atoms with Crippen LogP contribution in [0.5, 0.6) is 0 Å². The third-order valence-corrected chi connectivity index (χ3v) is 4.50. The highest BCUT2D eigenvalue weighted by molar-refractivity contribution is 7.80. The SMILES string of the molecule is CCCCCC(=O)NC(=S)Nc1ccc(C(=O)N2CCCCC2)cc1. The van der Waals surface area contributed by atoms with Gasteiger partial charge in [-0.3, -0.25) is 9.59 Å². The van der Waals surface area contributed by atoms with Crippen molar-refractivity contribution in [1.82, 2.24) is 10.2 Å². The van der Waals surface area contributed by atoms with Gasteiger partial charge in [-0.1, -0.05) is 19.8 Å². The van der Waals surface area contributed by atoms with E-state index in [2.05, 4.69) is 17.6 Å². The minimum atomic E-state index is -0.0668. The molecule has 0 bridgehead atoms. The Hall–Kier alpha value is -1.95. The van der Waals surface area contributed by atoms with E-state index in [1.54, 1.807) is 12.1 Å². The van der Waals surface area contributed by atoms with Crippen molar-refractivity contribution in [3.8, 4) is 0 Å². The highest BCUT2D eigenvalue weighted by Gasteiger charge is 2.17. The molecule has 1 fully saturated rings. The van der Waals surface area contributed by atoms with Crippen LogP contribution in [0.25, 0.3) is 0 Å². The number of carbonyl (C=O) groups excluding carboxylic acids is 2. The number of rotatable bonds is 6. The monoisotopic (exact) mass is 361 g/mol. The minimum absolute atomic E-state index is 0.0668. The Bertz CT molecular complexity index is 595. The number of likely N-dealkylation sites (tertiary alicyclic amines) is 1. The first-order chi connectivity index (χ1) is 12.1. The number of hydrogen-bond acceptors (Lipinski definition) is 3. The molecule has 2 amide bonds. The third kappa shape index (κ3) is 6.46. The van der Waals surface area contributed by atoms with Crippen LogP contribution in [0.15, 0.2) is 24.3 Å². The molecule has 6 heteroatoms. The number of carbonyl (C=O) groups is 2. The highest BCUT2D eigenvalue weighted by Crippen LogP contribution is 2.15. The number of piperidine rings is 1. The summed E-state index contributed by atoms with van der Waals surface area (Å²) in [5.74, 6) is 0.0147. The average Bonchev–Trinajstić information content (AvgIpc) is 2.62. The molecule has 0 atom stereocenters. The van der Waals surface area contributed by atoms with Gasteiger partial charge in [0.2, 0.25) is 5.91 Å². The molecular formula is C19H27N3O2S. The second kappa shape index (κ2) is 10.1. The summed E-state index contributed by atoms with van der Waals surface area (Å²) in [6, 6.07) is 7.22. The van der Waals surface area contributed by atoms with Crippen LogP contribution in [0.3, 0.4) is 0 Å². The quantitative estimate of drug-likeness (QED) is 0.599. The van der Waals surface area contributed by atoms with E-state index in [0.717, 1.165) is 50.9 Å². The van der Waals surface area contributed by atoms with Gasteiger partial charge in [-0.05, 0) is 62.2 Å². The Kier molecular flexibility index (Phi) is 7.85. The summed E-state index contributed by atoms with van der Waals surface area (Å²) in [7, 11) is 0. The van der Waals surface area contributed by atoms with Crippen molar-refractivity contribution < 1.29 is 9.59 Å². The van der Waals surface area contributed by atoms with Crippen molar-refractivity contribution >= 4 is 34.8 Å². The molecule has 1 saturated heterocycles. The summed E-state index contributed by atoms with van der Waals surface area (Å²) < 4.78 is 0. The lowest BCUT2D eigenvalue weighted by Crippen LogP contribution is -2.35. The molecule has 2 N–H and O–H groups in total. The molecule has 25 heavy (non-hydrogen) atoms. The van der Waals surface area contributed by atoms with Crippen LogP contribution in [0.2, 0.25) is 0 Å².